The molecule has 5 aromatic rings. The van der Waals surface area contributed by atoms with Crippen LogP contribution in [0.1, 0.15) is 48.7 Å². The Balaban J connectivity index is 1.90. The van der Waals surface area contributed by atoms with E-state index in [2.05, 4.69) is 6.07 Å². The Kier molecular flexibility index (Phi) is 2.92. The third-order valence-corrected chi connectivity index (χ3v) is 5.69. The maximum Gasteiger partial charge on any atom is 0.216 e. The SMILES string of the molecule is [2H]c1c([2H])c([2H])c(-c2cc(C#N)cc3c2oc2c(-c4cc(C([2H])(C)C([2H])([2H])[2H])cc[n+]4C)c(C)ccc23)c([2H])c1[2H]. The molecule has 3 nitrogen and oxygen atoms in total. The molecule has 2 aromatic heterocycles. The largest absolute Gasteiger partial charge is 0.454 e. The molecule has 5 rings (SSSR count). The molecule has 0 radical (unpaired) electrons. The van der Waals surface area contributed by atoms with Crippen LogP contribution in [-0.4, -0.2) is 0 Å². The van der Waals surface area contributed by atoms with Crippen molar-refractivity contribution in [2.24, 2.45) is 7.05 Å². The number of aryl methyl sites for hydroxylation is 2. The summed E-state index contributed by atoms with van der Waals surface area (Å²) < 4.78 is 81.8. The molecule has 2 heterocycles. The summed E-state index contributed by atoms with van der Waals surface area (Å²) >= 11 is 0. The lowest BCUT2D eigenvalue weighted by atomic mass is 9.96. The Labute approximate surface area is 200 Å². The number of pyridine rings is 1. The Bertz CT molecular complexity index is 1920. The zero-order chi connectivity index (χ0) is 30.2. The summed E-state index contributed by atoms with van der Waals surface area (Å²) in [6, 6.07) is 9.78. The average molecular weight is 427 g/mol. The van der Waals surface area contributed by atoms with Crippen molar-refractivity contribution in [2.45, 2.75) is 26.6 Å². The van der Waals surface area contributed by atoms with Crippen molar-refractivity contribution >= 4 is 21.9 Å². The first-order valence-electron chi connectivity index (χ1n) is 14.6. The molecule has 32 heavy (non-hydrogen) atoms. The van der Waals surface area contributed by atoms with Crippen molar-refractivity contribution in [3.8, 4) is 28.5 Å². The smallest absolute Gasteiger partial charge is 0.216 e. The number of benzene rings is 3. The maximum atomic E-state index is 9.81. The molecular weight excluding hydrogens is 392 g/mol. The number of rotatable bonds is 3. The van der Waals surface area contributed by atoms with Crippen LogP contribution in [0.25, 0.3) is 44.3 Å². The fourth-order valence-electron chi connectivity index (χ4n) is 4.04. The second-order valence-electron chi connectivity index (χ2n) is 7.79. The highest BCUT2D eigenvalue weighted by atomic mass is 16.3. The van der Waals surface area contributed by atoms with Crippen molar-refractivity contribution in [3.05, 3.63) is 89.5 Å². The first-order chi connectivity index (χ1) is 19.1. The minimum absolute atomic E-state index is 0.0781. The molecule has 3 heteroatoms. The quantitative estimate of drug-likeness (QED) is 0.290. The molecule has 3 aromatic carbocycles. The molecule has 0 N–H and O–H groups in total. The van der Waals surface area contributed by atoms with Crippen LogP contribution >= 0.6 is 0 Å². The summed E-state index contributed by atoms with van der Waals surface area (Å²) in [6.07, 6.45) is 1.69. The first kappa shape index (κ1) is 12.2. The Morgan fingerprint density at radius 1 is 1.09 bits per heavy atom. The highest BCUT2D eigenvalue weighted by Gasteiger charge is 2.23. The Hall–Kier alpha value is -3.90. The Morgan fingerprint density at radius 2 is 1.91 bits per heavy atom. The molecule has 0 bridgehead atoms. The van der Waals surface area contributed by atoms with Gasteiger partial charge in [-0.25, -0.2) is 4.57 Å². The van der Waals surface area contributed by atoms with Gasteiger partial charge < -0.3 is 4.42 Å². The van der Waals surface area contributed by atoms with Crippen LogP contribution in [0.2, 0.25) is 0 Å². The Morgan fingerprint density at radius 3 is 2.66 bits per heavy atom. The fraction of sp³-hybridized carbons (Fsp3) is 0.172. The molecule has 0 spiro atoms. The van der Waals surface area contributed by atoms with Crippen molar-refractivity contribution < 1.29 is 21.3 Å². The zero-order valence-electron chi connectivity index (χ0n) is 26.8. The second kappa shape index (κ2) is 7.66. The summed E-state index contributed by atoms with van der Waals surface area (Å²) in [5, 5.41) is 11.0. The van der Waals surface area contributed by atoms with Crippen LogP contribution in [0, 0.1) is 18.3 Å². The number of nitriles is 1. The predicted octanol–water partition coefficient (Wildman–Crippen LogP) is 7.05. The number of nitrogens with zero attached hydrogens (tertiary/aromatic N) is 2. The predicted molar refractivity (Wildman–Crippen MR) is 129 cm³/mol. The highest BCUT2D eigenvalue weighted by molar-refractivity contribution is 6.13. The third-order valence-electron chi connectivity index (χ3n) is 5.69. The minimum Gasteiger partial charge on any atom is -0.454 e. The molecular formula is C29H25N2O+. The standard InChI is InChI=1S/C29H25N2O/c1-18(2)22-12-13-31(4)26(16-22)27-19(3)10-11-23-25-15-20(17-30)14-24(28(25)32-29(23)27)21-8-6-5-7-9-21/h5-16,18H,1-4H3/q+1/i1D3,5D,6D,7D,8D,9D,18D. The van der Waals surface area contributed by atoms with E-state index >= 15 is 0 Å². The lowest BCUT2D eigenvalue weighted by molar-refractivity contribution is -0.660. The van der Waals surface area contributed by atoms with Crippen LogP contribution in [0.3, 0.4) is 0 Å². The fourth-order valence-corrected chi connectivity index (χ4v) is 4.04. The van der Waals surface area contributed by atoms with E-state index in [-0.39, 0.29) is 22.3 Å². The molecule has 0 amide bonds. The van der Waals surface area contributed by atoms with E-state index in [1.165, 1.54) is 13.0 Å². The summed E-state index contributed by atoms with van der Waals surface area (Å²) in [6.45, 7) is 0.649. The van der Waals surface area contributed by atoms with Crippen LogP contribution in [0.15, 0.2) is 77.2 Å². The van der Waals surface area contributed by atoms with Gasteiger partial charge in [-0.2, -0.15) is 5.26 Å². The van der Waals surface area contributed by atoms with Gasteiger partial charge in [-0.3, -0.25) is 0 Å². The van der Waals surface area contributed by atoms with Gasteiger partial charge in [0.2, 0.25) is 5.69 Å². The molecule has 0 aliphatic heterocycles. The van der Waals surface area contributed by atoms with Crippen molar-refractivity contribution in [1.82, 2.24) is 0 Å². The summed E-state index contributed by atoms with van der Waals surface area (Å²) in [4.78, 5) is 0. The molecule has 0 saturated carbocycles. The molecule has 156 valence electrons. The van der Waals surface area contributed by atoms with E-state index < -0.39 is 43.0 Å². The van der Waals surface area contributed by atoms with Crippen LogP contribution in [0.5, 0.6) is 0 Å². The minimum atomic E-state index is -2.57. The lowest BCUT2D eigenvalue weighted by Gasteiger charge is -2.09. The second-order valence-corrected chi connectivity index (χ2v) is 7.79. The van der Waals surface area contributed by atoms with Crippen LogP contribution < -0.4 is 4.57 Å². The van der Waals surface area contributed by atoms with Crippen LogP contribution in [0.4, 0.5) is 0 Å². The highest BCUT2D eigenvalue weighted by Crippen LogP contribution is 2.41. The van der Waals surface area contributed by atoms with Gasteiger partial charge in [0, 0.05) is 34.0 Å². The van der Waals surface area contributed by atoms with Gasteiger partial charge in [0.05, 0.1) is 24.0 Å². The molecule has 1 unspecified atom stereocenters. The van der Waals surface area contributed by atoms with Gasteiger partial charge in [-0.15, -0.1) is 0 Å². The monoisotopic (exact) mass is 426 g/mol. The van der Waals surface area contributed by atoms with Gasteiger partial charge in [0.15, 0.2) is 6.20 Å². The summed E-state index contributed by atoms with van der Waals surface area (Å²) in [5.41, 5.74) is 3.32. The normalized spacial score (nSPS) is 17.6. The van der Waals surface area contributed by atoms with E-state index in [9.17, 15) is 5.26 Å². The van der Waals surface area contributed by atoms with Crippen LogP contribution in [-0.2, 0) is 7.05 Å². The van der Waals surface area contributed by atoms with Gasteiger partial charge >= 0.3 is 0 Å². The number of aromatic nitrogens is 1. The summed E-state index contributed by atoms with van der Waals surface area (Å²) in [5.74, 6) is -1.87. The van der Waals surface area contributed by atoms with Gasteiger partial charge in [-0.1, -0.05) is 56.1 Å². The van der Waals surface area contributed by atoms with Crippen molar-refractivity contribution in [1.29, 1.82) is 5.26 Å². The average Bonchev–Trinajstić information content (AvgIpc) is 3.29. The molecule has 0 aliphatic rings. The van der Waals surface area contributed by atoms with E-state index in [1.807, 2.05) is 19.1 Å². The number of hydrogen-bond donors (Lipinski definition) is 0. The van der Waals surface area contributed by atoms with E-state index in [0.717, 1.165) is 5.56 Å². The van der Waals surface area contributed by atoms with E-state index in [4.69, 9.17) is 16.8 Å². The van der Waals surface area contributed by atoms with Crippen molar-refractivity contribution in [3.63, 3.8) is 0 Å². The van der Waals surface area contributed by atoms with Crippen molar-refractivity contribution in [2.75, 3.05) is 0 Å². The number of fused-ring (bicyclic) bond motifs is 3. The molecule has 1 atom stereocenters. The number of hydrogen-bond acceptors (Lipinski definition) is 2. The van der Waals surface area contributed by atoms with Gasteiger partial charge in [0.1, 0.15) is 18.2 Å². The van der Waals surface area contributed by atoms with Gasteiger partial charge in [-0.05, 0) is 41.6 Å². The lowest BCUT2D eigenvalue weighted by Crippen LogP contribution is -2.31. The maximum absolute atomic E-state index is 9.81. The third kappa shape index (κ3) is 3.16. The van der Waals surface area contributed by atoms with E-state index in [0.29, 0.717) is 33.2 Å². The first-order valence-corrected chi connectivity index (χ1v) is 10.1. The zero-order valence-corrected chi connectivity index (χ0v) is 17.8. The molecule has 0 saturated heterocycles. The molecule has 0 fully saturated rings. The topological polar surface area (TPSA) is 40.8 Å². The summed E-state index contributed by atoms with van der Waals surface area (Å²) in [7, 11) is 1.79. The van der Waals surface area contributed by atoms with Gasteiger partial charge in [0.25, 0.3) is 0 Å². The van der Waals surface area contributed by atoms with E-state index in [1.54, 1.807) is 36.0 Å². The number of furan rings is 1. The molecule has 0 aliphatic carbocycles.